The number of carbonyl (C=O) groups is 1. The topological polar surface area (TPSA) is 38.3 Å². The predicted molar refractivity (Wildman–Crippen MR) is 71.9 cm³/mol. The molecule has 18 heavy (non-hydrogen) atoms. The molecule has 0 aliphatic heterocycles. The van der Waals surface area contributed by atoms with Crippen LogP contribution in [0.4, 0.5) is 4.79 Å². The Labute approximate surface area is 109 Å². The summed E-state index contributed by atoms with van der Waals surface area (Å²) in [5, 5.41) is 2.96. The van der Waals surface area contributed by atoms with E-state index in [1.54, 1.807) is 0 Å². The van der Waals surface area contributed by atoms with Gasteiger partial charge in [0.25, 0.3) is 0 Å². The van der Waals surface area contributed by atoms with E-state index in [2.05, 4.69) is 12.2 Å². The van der Waals surface area contributed by atoms with Crippen molar-refractivity contribution in [2.24, 2.45) is 0 Å². The van der Waals surface area contributed by atoms with Gasteiger partial charge >= 0.3 is 6.09 Å². The molecule has 1 aliphatic rings. The molecule has 2 rings (SSSR count). The Bertz CT molecular complexity index is 397. The summed E-state index contributed by atoms with van der Waals surface area (Å²) >= 11 is 0. The van der Waals surface area contributed by atoms with Crippen molar-refractivity contribution in [3.8, 4) is 5.75 Å². The van der Waals surface area contributed by atoms with E-state index in [1.165, 1.54) is 19.3 Å². The molecule has 1 aromatic rings. The highest BCUT2D eigenvalue weighted by atomic mass is 16.6. The molecule has 0 bridgehead atoms. The summed E-state index contributed by atoms with van der Waals surface area (Å²) < 4.78 is 5.39. The fourth-order valence-electron chi connectivity index (χ4n) is 2.44. The number of hydrogen-bond acceptors (Lipinski definition) is 2. The maximum atomic E-state index is 11.8. The molecule has 1 fully saturated rings. The van der Waals surface area contributed by atoms with Gasteiger partial charge in [0.2, 0.25) is 0 Å². The Morgan fingerprint density at radius 2 is 2.00 bits per heavy atom. The lowest BCUT2D eigenvalue weighted by atomic mass is 9.96. The fraction of sp³-hybridized carbons (Fsp3) is 0.533. The van der Waals surface area contributed by atoms with Gasteiger partial charge < -0.3 is 10.1 Å². The van der Waals surface area contributed by atoms with Crippen LogP contribution in [0.1, 0.15) is 44.6 Å². The molecule has 98 valence electrons. The first-order chi connectivity index (χ1) is 8.79. The second-order valence-corrected chi connectivity index (χ2v) is 4.83. The zero-order chi connectivity index (χ0) is 12.8. The van der Waals surface area contributed by atoms with E-state index in [1.807, 2.05) is 24.3 Å². The highest BCUT2D eigenvalue weighted by Crippen LogP contribution is 2.20. The van der Waals surface area contributed by atoms with Crippen LogP contribution in [0.15, 0.2) is 24.3 Å². The summed E-state index contributed by atoms with van der Waals surface area (Å²) in [5.74, 6) is 0.674. The van der Waals surface area contributed by atoms with Gasteiger partial charge in [0, 0.05) is 6.04 Å². The highest BCUT2D eigenvalue weighted by Gasteiger charge is 2.17. The van der Waals surface area contributed by atoms with Gasteiger partial charge in [-0.05, 0) is 30.9 Å². The number of hydrogen-bond donors (Lipinski definition) is 1. The number of ether oxygens (including phenoxy) is 1. The van der Waals surface area contributed by atoms with E-state index in [-0.39, 0.29) is 6.09 Å². The van der Waals surface area contributed by atoms with Gasteiger partial charge in [-0.1, -0.05) is 44.4 Å². The lowest BCUT2D eigenvalue weighted by Crippen LogP contribution is -2.38. The molecular weight excluding hydrogens is 226 g/mol. The third-order valence-electron chi connectivity index (χ3n) is 3.48. The zero-order valence-corrected chi connectivity index (χ0v) is 10.9. The molecule has 0 atom stereocenters. The summed E-state index contributed by atoms with van der Waals surface area (Å²) in [6.07, 6.45) is 6.39. The summed E-state index contributed by atoms with van der Waals surface area (Å²) in [6.45, 7) is 2.06. The molecule has 0 spiro atoms. The van der Waals surface area contributed by atoms with Crippen LogP contribution >= 0.6 is 0 Å². The van der Waals surface area contributed by atoms with Crippen molar-refractivity contribution in [3.05, 3.63) is 29.8 Å². The molecule has 0 unspecified atom stereocenters. The van der Waals surface area contributed by atoms with Crippen LogP contribution in [-0.2, 0) is 6.42 Å². The van der Waals surface area contributed by atoms with Crippen LogP contribution in [0.25, 0.3) is 0 Å². The third-order valence-corrected chi connectivity index (χ3v) is 3.48. The van der Waals surface area contributed by atoms with Crippen molar-refractivity contribution < 1.29 is 9.53 Å². The molecule has 1 amide bonds. The second-order valence-electron chi connectivity index (χ2n) is 4.83. The highest BCUT2D eigenvalue weighted by molar-refractivity contribution is 5.71. The fourth-order valence-corrected chi connectivity index (χ4v) is 2.44. The van der Waals surface area contributed by atoms with Crippen LogP contribution in [-0.4, -0.2) is 12.1 Å². The summed E-state index contributed by atoms with van der Waals surface area (Å²) in [4.78, 5) is 11.8. The largest absolute Gasteiger partial charge is 0.412 e. The van der Waals surface area contributed by atoms with Gasteiger partial charge in [-0.25, -0.2) is 4.79 Å². The Hall–Kier alpha value is -1.51. The van der Waals surface area contributed by atoms with Crippen molar-refractivity contribution in [2.45, 2.75) is 51.5 Å². The summed E-state index contributed by atoms with van der Waals surface area (Å²) in [6, 6.07) is 7.98. The Kier molecular flexibility index (Phi) is 4.62. The molecule has 0 radical (unpaired) electrons. The van der Waals surface area contributed by atoms with Gasteiger partial charge in [-0.2, -0.15) is 0 Å². The lowest BCUT2D eigenvalue weighted by molar-refractivity contribution is 0.191. The number of benzene rings is 1. The molecular formula is C15H21NO2. The van der Waals surface area contributed by atoms with Crippen LogP contribution in [0.5, 0.6) is 5.75 Å². The lowest BCUT2D eigenvalue weighted by Gasteiger charge is -2.22. The maximum Gasteiger partial charge on any atom is 0.412 e. The molecule has 1 saturated carbocycles. The normalized spacial score (nSPS) is 16.3. The number of nitrogens with one attached hydrogen (secondary N) is 1. The van der Waals surface area contributed by atoms with Gasteiger partial charge in [0.05, 0.1) is 0 Å². The van der Waals surface area contributed by atoms with Crippen LogP contribution < -0.4 is 10.1 Å². The Balaban J connectivity index is 1.90. The van der Waals surface area contributed by atoms with E-state index in [9.17, 15) is 4.79 Å². The number of para-hydroxylation sites is 1. The quantitative estimate of drug-likeness (QED) is 0.885. The standard InChI is InChI=1S/C15H21NO2/c1-2-12-8-6-7-11-14(12)18-15(17)16-13-9-4-3-5-10-13/h6-8,11,13H,2-5,9-10H2,1H3,(H,16,17). The van der Waals surface area contributed by atoms with E-state index in [4.69, 9.17) is 4.74 Å². The third kappa shape index (κ3) is 3.49. The Morgan fingerprint density at radius 1 is 1.28 bits per heavy atom. The molecule has 0 heterocycles. The van der Waals surface area contributed by atoms with Crippen LogP contribution in [0.2, 0.25) is 0 Å². The summed E-state index contributed by atoms with van der Waals surface area (Å²) in [5.41, 5.74) is 1.07. The minimum atomic E-state index is -0.317. The first kappa shape index (κ1) is 12.9. The van der Waals surface area contributed by atoms with Crippen molar-refractivity contribution in [2.75, 3.05) is 0 Å². The van der Waals surface area contributed by atoms with Crippen molar-refractivity contribution in [1.29, 1.82) is 0 Å². The van der Waals surface area contributed by atoms with Crippen molar-refractivity contribution in [3.63, 3.8) is 0 Å². The van der Waals surface area contributed by atoms with Gasteiger partial charge in [-0.15, -0.1) is 0 Å². The maximum absolute atomic E-state index is 11.8. The molecule has 1 aromatic carbocycles. The SMILES string of the molecule is CCc1ccccc1OC(=O)NC1CCCCC1. The van der Waals surface area contributed by atoms with Crippen LogP contribution in [0, 0.1) is 0 Å². The number of rotatable bonds is 3. The number of amides is 1. The molecule has 1 N–H and O–H groups in total. The van der Waals surface area contributed by atoms with Gasteiger partial charge in [0.15, 0.2) is 0 Å². The average Bonchev–Trinajstić information content (AvgIpc) is 2.40. The molecule has 3 nitrogen and oxygen atoms in total. The Morgan fingerprint density at radius 3 is 2.72 bits per heavy atom. The first-order valence-electron chi connectivity index (χ1n) is 6.86. The molecule has 0 aromatic heterocycles. The van der Waals surface area contributed by atoms with E-state index < -0.39 is 0 Å². The molecule has 0 saturated heterocycles. The summed E-state index contributed by atoms with van der Waals surface area (Å²) in [7, 11) is 0. The average molecular weight is 247 g/mol. The van der Waals surface area contributed by atoms with E-state index >= 15 is 0 Å². The minimum absolute atomic E-state index is 0.292. The van der Waals surface area contributed by atoms with Gasteiger partial charge in [-0.3, -0.25) is 0 Å². The van der Waals surface area contributed by atoms with Gasteiger partial charge in [0.1, 0.15) is 5.75 Å². The van der Waals surface area contributed by atoms with E-state index in [0.717, 1.165) is 24.8 Å². The van der Waals surface area contributed by atoms with Crippen LogP contribution in [0.3, 0.4) is 0 Å². The molecule has 1 aliphatic carbocycles. The van der Waals surface area contributed by atoms with E-state index in [0.29, 0.717) is 11.8 Å². The minimum Gasteiger partial charge on any atom is -0.410 e. The first-order valence-corrected chi connectivity index (χ1v) is 6.86. The smallest absolute Gasteiger partial charge is 0.410 e. The zero-order valence-electron chi connectivity index (χ0n) is 10.9. The number of carbonyl (C=O) groups excluding carboxylic acids is 1. The van der Waals surface area contributed by atoms with Crippen molar-refractivity contribution >= 4 is 6.09 Å². The monoisotopic (exact) mass is 247 g/mol. The van der Waals surface area contributed by atoms with Crippen molar-refractivity contribution in [1.82, 2.24) is 5.32 Å². The predicted octanol–water partition coefficient (Wildman–Crippen LogP) is 3.67. The second kappa shape index (κ2) is 6.43. The molecule has 3 heteroatoms. The number of aryl methyl sites for hydroxylation is 1.